The van der Waals surface area contributed by atoms with E-state index in [1.165, 1.54) is 0 Å². The highest BCUT2D eigenvalue weighted by Gasteiger charge is 2.21. The number of β-amino-alcohol motifs (C(OH)–C–C–N with tert-alkyl or cyclic N) is 1. The van der Waals surface area contributed by atoms with Crippen molar-refractivity contribution in [3.8, 4) is 0 Å². The summed E-state index contributed by atoms with van der Waals surface area (Å²) < 4.78 is 5.03. The van der Waals surface area contributed by atoms with Gasteiger partial charge in [0, 0.05) is 52.9 Å². The van der Waals surface area contributed by atoms with Crippen LogP contribution in [-0.4, -0.2) is 73.9 Å². The molecule has 17 heavy (non-hydrogen) atoms. The van der Waals surface area contributed by atoms with Crippen LogP contribution in [0.25, 0.3) is 0 Å². The minimum Gasteiger partial charge on any atom is -0.395 e. The minimum absolute atomic E-state index is 0.193. The highest BCUT2D eigenvalue weighted by molar-refractivity contribution is 5.76. The predicted molar refractivity (Wildman–Crippen MR) is 65.8 cm³/mol. The molecular formula is C12H24N2O3. The molecule has 0 aromatic rings. The van der Waals surface area contributed by atoms with Crippen LogP contribution in [-0.2, 0) is 9.53 Å². The van der Waals surface area contributed by atoms with E-state index in [1.807, 2.05) is 11.8 Å². The van der Waals surface area contributed by atoms with E-state index in [4.69, 9.17) is 9.84 Å². The monoisotopic (exact) mass is 244 g/mol. The number of ether oxygens (including phenoxy) is 1. The fourth-order valence-electron chi connectivity index (χ4n) is 2.13. The first kappa shape index (κ1) is 14.4. The zero-order chi connectivity index (χ0) is 12.7. The van der Waals surface area contributed by atoms with Gasteiger partial charge in [-0.3, -0.25) is 9.69 Å². The van der Waals surface area contributed by atoms with Gasteiger partial charge in [-0.05, 0) is 5.92 Å². The summed E-state index contributed by atoms with van der Waals surface area (Å²) in [6.45, 7) is 6.85. The molecule has 0 aromatic carbocycles. The van der Waals surface area contributed by atoms with Crippen LogP contribution in [0.5, 0.6) is 0 Å². The Morgan fingerprint density at radius 1 is 1.35 bits per heavy atom. The van der Waals surface area contributed by atoms with Gasteiger partial charge in [-0.15, -0.1) is 0 Å². The van der Waals surface area contributed by atoms with Crippen molar-refractivity contribution in [3.63, 3.8) is 0 Å². The Morgan fingerprint density at radius 2 is 2.00 bits per heavy atom. The first-order chi connectivity index (χ1) is 8.17. The quantitative estimate of drug-likeness (QED) is 0.703. The fourth-order valence-corrected chi connectivity index (χ4v) is 2.13. The van der Waals surface area contributed by atoms with Crippen LogP contribution in [0.2, 0.25) is 0 Å². The zero-order valence-electron chi connectivity index (χ0n) is 10.9. The molecule has 1 aliphatic rings. The molecule has 1 atom stereocenters. The van der Waals surface area contributed by atoms with Crippen LogP contribution < -0.4 is 0 Å². The molecule has 1 N–H and O–H groups in total. The molecule has 0 bridgehead atoms. The molecule has 0 aliphatic carbocycles. The smallest absolute Gasteiger partial charge is 0.223 e. The maximum atomic E-state index is 12.0. The first-order valence-electron chi connectivity index (χ1n) is 6.27. The van der Waals surface area contributed by atoms with Gasteiger partial charge in [-0.2, -0.15) is 0 Å². The average Bonchev–Trinajstić information content (AvgIpc) is 2.30. The van der Waals surface area contributed by atoms with E-state index in [9.17, 15) is 4.79 Å². The van der Waals surface area contributed by atoms with Gasteiger partial charge in [0.25, 0.3) is 0 Å². The van der Waals surface area contributed by atoms with Crippen molar-refractivity contribution in [2.75, 3.05) is 53.0 Å². The van der Waals surface area contributed by atoms with Gasteiger partial charge in [-0.1, -0.05) is 6.92 Å². The molecule has 1 saturated heterocycles. The number of aliphatic hydroxyl groups is 1. The van der Waals surface area contributed by atoms with Crippen LogP contribution >= 0.6 is 0 Å². The predicted octanol–water partition coefficient (Wildman–Crippen LogP) is -0.204. The molecule has 0 spiro atoms. The van der Waals surface area contributed by atoms with E-state index in [1.54, 1.807) is 7.11 Å². The third-order valence-corrected chi connectivity index (χ3v) is 3.12. The maximum absolute atomic E-state index is 12.0. The summed E-state index contributed by atoms with van der Waals surface area (Å²) >= 11 is 0. The maximum Gasteiger partial charge on any atom is 0.223 e. The SMILES string of the molecule is COCC(C)CC(=O)N1CCN(CCO)CC1. The molecular weight excluding hydrogens is 220 g/mol. The Kier molecular flexibility index (Phi) is 6.47. The highest BCUT2D eigenvalue weighted by atomic mass is 16.5. The molecule has 0 saturated carbocycles. The number of amides is 1. The van der Waals surface area contributed by atoms with E-state index >= 15 is 0 Å². The van der Waals surface area contributed by atoms with Crippen LogP contribution in [0.15, 0.2) is 0 Å². The summed E-state index contributed by atoms with van der Waals surface area (Å²) in [7, 11) is 1.66. The number of hydrogen-bond donors (Lipinski definition) is 1. The number of nitrogens with zero attached hydrogens (tertiary/aromatic N) is 2. The third-order valence-electron chi connectivity index (χ3n) is 3.12. The Morgan fingerprint density at radius 3 is 2.53 bits per heavy atom. The van der Waals surface area contributed by atoms with Gasteiger partial charge in [0.15, 0.2) is 0 Å². The van der Waals surface area contributed by atoms with Crippen molar-refractivity contribution in [3.05, 3.63) is 0 Å². The average molecular weight is 244 g/mol. The van der Waals surface area contributed by atoms with Gasteiger partial charge in [-0.25, -0.2) is 0 Å². The number of aliphatic hydroxyl groups excluding tert-OH is 1. The van der Waals surface area contributed by atoms with Crippen molar-refractivity contribution < 1.29 is 14.6 Å². The number of carbonyl (C=O) groups excluding carboxylic acids is 1. The van der Waals surface area contributed by atoms with Gasteiger partial charge in [0.1, 0.15) is 0 Å². The van der Waals surface area contributed by atoms with E-state index in [0.29, 0.717) is 19.6 Å². The second-order valence-electron chi connectivity index (χ2n) is 4.71. The molecule has 0 aromatic heterocycles. The Balaban J connectivity index is 2.25. The van der Waals surface area contributed by atoms with E-state index < -0.39 is 0 Å². The lowest BCUT2D eigenvalue weighted by Gasteiger charge is -2.34. The molecule has 1 unspecified atom stereocenters. The molecule has 1 heterocycles. The molecule has 5 heteroatoms. The van der Waals surface area contributed by atoms with Crippen LogP contribution in [0.3, 0.4) is 0 Å². The molecule has 1 aliphatic heterocycles. The Bertz CT molecular complexity index is 228. The fraction of sp³-hybridized carbons (Fsp3) is 0.917. The summed E-state index contributed by atoms with van der Waals surface area (Å²) in [5, 5.41) is 8.84. The zero-order valence-corrected chi connectivity index (χ0v) is 10.9. The molecule has 0 radical (unpaired) electrons. The Hall–Kier alpha value is -0.650. The standard InChI is InChI=1S/C12H24N2O3/c1-11(10-17-2)9-12(16)14-5-3-13(4-6-14)7-8-15/h11,15H,3-10H2,1-2H3. The van der Waals surface area contributed by atoms with Crippen molar-refractivity contribution >= 4 is 5.91 Å². The summed E-state index contributed by atoms with van der Waals surface area (Å²) in [4.78, 5) is 16.0. The van der Waals surface area contributed by atoms with E-state index in [2.05, 4.69) is 4.90 Å². The van der Waals surface area contributed by atoms with Gasteiger partial charge >= 0.3 is 0 Å². The number of rotatable bonds is 6. The number of methoxy groups -OCH3 is 1. The third kappa shape index (κ3) is 5.02. The lowest BCUT2D eigenvalue weighted by Crippen LogP contribution is -2.49. The normalized spacial score (nSPS) is 19.4. The van der Waals surface area contributed by atoms with Crippen molar-refractivity contribution in [2.45, 2.75) is 13.3 Å². The Labute approximate surface area is 103 Å². The van der Waals surface area contributed by atoms with E-state index in [-0.39, 0.29) is 18.4 Å². The molecule has 1 fully saturated rings. The summed E-state index contributed by atoms with van der Waals surface area (Å²) in [6, 6.07) is 0. The van der Waals surface area contributed by atoms with Crippen molar-refractivity contribution in [2.24, 2.45) is 5.92 Å². The highest BCUT2D eigenvalue weighted by Crippen LogP contribution is 2.08. The molecule has 1 amide bonds. The largest absolute Gasteiger partial charge is 0.395 e. The molecule has 1 rings (SSSR count). The van der Waals surface area contributed by atoms with Crippen LogP contribution in [0, 0.1) is 5.92 Å². The molecule has 100 valence electrons. The van der Waals surface area contributed by atoms with Crippen molar-refractivity contribution in [1.82, 2.24) is 9.80 Å². The second-order valence-corrected chi connectivity index (χ2v) is 4.71. The lowest BCUT2D eigenvalue weighted by atomic mass is 10.1. The first-order valence-corrected chi connectivity index (χ1v) is 6.27. The number of carbonyl (C=O) groups is 1. The van der Waals surface area contributed by atoms with Crippen LogP contribution in [0.1, 0.15) is 13.3 Å². The second kappa shape index (κ2) is 7.63. The molecule has 5 nitrogen and oxygen atoms in total. The van der Waals surface area contributed by atoms with E-state index in [0.717, 1.165) is 26.2 Å². The minimum atomic E-state index is 0.193. The van der Waals surface area contributed by atoms with Gasteiger partial charge in [0.2, 0.25) is 5.91 Å². The van der Waals surface area contributed by atoms with Gasteiger partial charge < -0.3 is 14.7 Å². The summed E-state index contributed by atoms with van der Waals surface area (Å²) in [5.74, 6) is 0.501. The van der Waals surface area contributed by atoms with Gasteiger partial charge in [0.05, 0.1) is 6.61 Å². The lowest BCUT2D eigenvalue weighted by molar-refractivity contribution is -0.134. The summed E-state index contributed by atoms with van der Waals surface area (Å²) in [5.41, 5.74) is 0. The number of piperazine rings is 1. The number of hydrogen-bond acceptors (Lipinski definition) is 4. The topological polar surface area (TPSA) is 53.0 Å². The van der Waals surface area contributed by atoms with Crippen LogP contribution in [0.4, 0.5) is 0 Å². The summed E-state index contributed by atoms with van der Waals surface area (Å²) in [6.07, 6.45) is 0.563. The van der Waals surface area contributed by atoms with Crippen molar-refractivity contribution in [1.29, 1.82) is 0 Å².